The molecule has 0 bridgehead atoms. The second-order valence-corrected chi connectivity index (χ2v) is 7.68. The zero-order valence-corrected chi connectivity index (χ0v) is 14.4. The van der Waals surface area contributed by atoms with Crippen LogP contribution in [-0.4, -0.2) is 27.2 Å². The summed E-state index contributed by atoms with van der Waals surface area (Å²) in [5.41, 5.74) is 1.36. The van der Waals surface area contributed by atoms with Crippen molar-refractivity contribution in [1.82, 2.24) is 0 Å². The molecular weight excluding hydrogens is 305 g/mol. The van der Waals surface area contributed by atoms with Crippen LogP contribution in [0.2, 0.25) is 0 Å². The lowest BCUT2D eigenvalue weighted by atomic mass is 10.0. The van der Waals surface area contributed by atoms with E-state index in [9.17, 15) is 13.4 Å². The number of ether oxygens (including phenoxy) is 1. The van der Waals surface area contributed by atoms with Gasteiger partial charge in [-0.05, 0) is 51.8 Å². The molecule has 0 amide bonds. The number of carbonyl (C=O) groups excluding carboxylic acids is 1. The summed E-state index contributed by atoms with van der Waals surface area (Å²) in [5, 5.41) is 0. The van der Waals surface area contributed by atoms with Gasteiger partial charge in [-0.2, -0.15) is 4.40 Å². The molecule has 0 aliphatic rings. The molecule has 0 saturated heterocycles. The maximum absolute atomic E-state index is 14.0. The maximum atomic E-state index is 14.0. The van der Waals surface area contributed by atoms with Crippen LogP contribution in [0.25, 0.3) is 0 Å². The van der Waals surface area contributed by atoms with Gasteiger partial charge in [-0.1, -0.05) is 18.2 Å². The number of benzene rings is 1. The predicted molar refractivity (Wildman–Crippen MR) is 87.0 cm³/mol. The Bertz CT molecular complexity index is 593. The Hall–Kier alpha value is -1.56. The van der Waals surface area contributed by atoms with Gasteiger partial charge in [-0.15, -0.1) is 0 Å². The topological polar surface area (TPSA) is 55.7 Å². The molecule has 0 N–H and O–H groups in total. The first-order valence-corrected chi connectivity index (χ1v) is 8.15. The molecule has 122 valence electrons. The molecular formula is C16H22FNO3S. The fourth-order valence-corrected chi connectivity index (χ4v) is 2.21. The molecule has 1 rings (SSSR count). The highest BCUT2D eigenvalue weighted by atomic mass is 32.2. The minimum Gasteiger partial charge on any atom is -0.464 e. The molecule has 1 aromatic rings. The molecule has 6 heteroatoms. The average molecular weight is 327 g/mol. The minimum atomic E-state index is -1.83. The summed E-state index contributed by atoms with van der Waals surface area (Å²) in [7, 11) is -1.39. The second-order valence-electron chi connectivity index (χ2n) is 5.78. The maximum Gasteiger partial charge on any atom is 0.345 e. The van der Waals surface area contributed by atoms with Gasteiger partial charge in [0.1, 0.15) is 11.0 Å². The van der Waals surface area contributed by atoms with Crippen LogP contribution in [0.15, 0.2) is 28.7 Å². The molecule has 1 aromatic carbocycles. The Morgan fingerprint density at radius 2 is 2.05 bits per heavy atom. The van der Waals surface area contributed by atoms with Crippen molar-refractivity contribution in [2.24, 2.45) is 4.40 Å². The summed E-state index contributed by atoms with van der Waals surface area (Å²) >= 11 is 0. The van der Waals surface area contributed by atoms with E-state index in [-0.39, 0.29) is 12.2 Å². The number of halogens is 1. The SMILES string of the molecule is CCOC(=O)C(F)c1cccc(/C(C)=N\S(=O)C(C)(C)C)c1. The highest BCUT2D eigenvalue weighted by molar-refractivity contribution is 7.85. The van der Waals surface area contributed by atoms with Gasteiger partial charge in [0.05, 0.1) is 17.1 Å². The molecule has 4 nitrogen and oxygen atoms in total. The monoisotopic (exact) mass is 327 g/mol. The van der Waals surface area contributed by atoms with Crippen molar-refractivity contribution in [3.8, 4) is 0 Å². The molecule has 22 heavy (non-hydrogen) atoms. The van der Waals surface area contributed by atoms with E-state index in [1.165, 1.54) is 12.1 Å². The van der Waals surface area contributed by atoms with Gasteiger partial charge < -0.3 is 4.74 Å². The lowest BCUT2D eigenvalue weighted by Crippen LogP contribution is -2.20. The summed E-state index contributed by atoms with van der Waals surface area (Å²) in [6.07, 6.45) is -1.83. The minimum absolute atomic E-state index is 0.129. The number of hydrogen-bond acceptors (Lipinski definition) is 3. The third kappa shape index (κ3) is 5.02. The van der Waals surface area contributed by atoms with E-state index in [1.54, 1.807) is 26.0 Å². The highest BCUT2D eigenvalue weighted by Crippen LogP contribution is 2.21. The third-order valence-electron chi connectivity index (χ3n) is 2.83. The quantitative estimate of drug-likeness (QED) is 0.614. The molecule has 2 atom stereocenters. The van der Waals surface area contributed by atoms with Gasteiger partial charge >= 0.3 is 5.97 Å². The normalized spacial score (nSPS) is 15.3. The van der Waals surface area contributed by atoms with Crippen molar-refractivity contribution >= 4 is 22.7 Å². The van der Waals surface area contributed by atoms with E-state index in [0.717, 1.165) is 0 Å². The zero-order chi connectivity index (χ0) is 16.9. The Morgan fingerprint density at radius 1 is 1.41 bits per heavy atom. The van der Waals surface area contributed by atoms with E-state index in [2.05, 4.69) is 9.13 Å². The van der Waals surface area contributed by atoms with E-state index in [4.69, 9.17) is 0 Å². The third-order valence-corrected chi connectivity index (χ3v) is 4.32. The highest BCUT2D eigenvalue weighted by Gasteiger charge is 2.22. The number of hydrogen-bond donors (Lipinski definition) is 0. The van der Waals surface area contributed by atoms with Crippen LogP contribution in [0.1, 0.15) is 51.9 Å². The number of nitrogens with zero attached hydrogens (tertiary/aromatic N) is 1. The van der Waals surface area contributed by atoms with E-state index in [0.29, 0.717) is 11.3 Å². The molecule has 2 unspecified atom stereocenters. The number of alkyl halides is 1. The Balaban J connectivity index is 3.04. The summed E-state index contributed by atoms with van der Waals surface area (Å²) in [4.78, 5) is 11.5. The Morgan fingerprint density at radius 3 is 2.59 bits per heavy atom. The average Bonchev–Trinajstić information content (AvgIpc) is 2.45. The lowest BCUT2D eigenvalue weighted by Gasteiger charge is -2.14. The number of carbonyl (C=O) groups is 1. The van der Waals surface area contributed by atoms with Crippen molar-refractivity contribution in [1.29, 1.82) is 0 Å². The van der Waals surface area contributed by atoms with Gasteiger partial charge in [-0.3, -0.25) is 0 Å². The first kappa shape index (κ1) is 18.5. The van der Waals surface area contributed by atoms with Crippen LogP contribution < -0.4 is 0 Å². The van der Waals surface area contributed by atoms with Crippen molar-refractivity contribution in [3.63, 3.8) is 0 Å². The largest absolute Gasteiger partial charge is 0.464 e. The Kier molecular flexibility index (Phi) is 6.41. The van der Waals surface area contributed by atoms with Gasteiger partial charge in [-0.25, -0.2) is 13.4 Å². The summed E-state index contributed by atoms with van der Waals surface area (Å²) in [5.74, 6) is -0.910. The standard InChI is InChI=1S/C16H22FNO3S/c1-6-21-15(19)14(17)13-9-7-8-12(10-13)11(2)18-22(20)16(3,4)5/h7-10,14H,6H2,1-5H3/b18-11-. The molecule has 0 heterocycles. The van der Waals surface area contributed by atoms with Gasteiger partial charge in [0.25, 0.3) is 0 Å². The molecule has 0 aliphatic carbocycles. The number of rotatable bonds is 5. The fraction of sp³-hybridized carbons (Fsp3) is 0.500. The lowest BCUT2D eigenvalue weighted by molar-refractivity contribution is -0.149. The molecule has 0 aliphatic heterocycles. The fourth-order valence-electron chi connectivity index (χ4n) is 1.59. The van der Waals surface area contributed by atoms with Gasteiger partial charge in [0, 0.05) is 0 Å². The summed E-state index contributed by atoms with van der Waals surface area (Å²) in [6, 6.07) is 6.41. The van der Waals surface area contributed by atoms with Crippen LogP contribution in [0.4, 0.5) is 4.39 Å². The summed E-state index contributed by atoms with van der Waals surface area (Å²) in [6.45, 7) is 8.95. The van der Waals surface area contributed by atoms with E-state index >= 15 is 0 Å². The van der Waals surface area contributed by atoms with Crippen LogP contribution in [0.5, 0.6) is 0 Å². The zero-order valence-electron chi connectivity index (χ0n) is 13.6. The summed E-state index contributed by atoms with van der Waals surface area (Å²) < 4.78 is 34.4. The van der Waals surface area contributed by atoms with Gasteiger partial charge in [0.2, 0.25) is 6.17 Å². The van der Waals surface area contributed by atoms with E-state index in [1.807, 2.05) is 20.8 Å². The molecule has 0 radical (unpaired) electrons. The van der Waals surface area contributed by atoms with Crippen molar-refractivity contribution in [2.45, 2.75) is 45.5 Å². The molecule has 0 saturated carbocycles. The van der Waals surface area contributed by atoms with Crippen molar-refractivity contribution in [2.75, 3.05) is 6.61 Å². The molecule has 0 aromatic heterocycles. The smallest absolute Gasteiger partial charge is 0.345 e. The van der Waals surface area contributed by atoms with Crippen molar-refractivity contribution < 1.29 is 18.1 Å². The first-order chi connectivity index (χ1) is 10.2. The molecule has 0 spiro atoms. The van der Waals surface area contributed by atoms with Crippen molar-refractivity contribution in [3.05, 3.63) is 35.4 Å². The number of esters is 1. The van der Waals surface area contributed by atoms with Crippen LogP contribution in [-0.2, 0) is 20.5 Å². The van der Waals surface area contributed by atoms with Crippen LogP contribution in [0, 0.1) is 0 Å². The van der Waals surface area contributed by atoms with Crippen LogP contribution in [0.3, 0.4) is 0 Å². The predicted octanol–water partition coefficient (Wildman–Crippen LogP) is 3.53. The first-order valence-electron chi connectivity index (χ1n) is 7.05. The molecule has 0 fully saturated rings. The Labute approximate surface area is 133 Å². The van der Waals surface area contributed by atoms with Crippen LogP contribution >= 0.6 is 0 Å². The second kappa shape index (κ2) is 7.63. The van der Waals surface area contributed by atoms with E-state index < -0.39 is 27.9 Å². The van der Waals surface area contributed by atoms with Gasteiger partial charge in [0.15, 0.2) is 0 Å².